The lowest BCUT2D eigenvalue weighted by molar-refractivity contribution is 0.582. The number of hydrogen-bond acceptors (Lipinski definition) is 2. The molecule has 21 heavy (non-hydrogen) atoms. The van der Waals surface area contributed by atoms with E-state index < -0.39 is 21.7 Å². The van der Waals surface area contributed by atoms with Crippen LogP contribution in [0.5, 0.6) is 0 Å². The van der Waals surface area contributed by atoms with Gasteiger partial charge >= 0.3 is 0 Å². The first-order valence-corrected chi connectivity index (χ1v) is 8.37. The molecule has 1 N–H and O–H groups in total. The van der Waals surface area contributed by atoms with Crippen LogP contribution in [0.2, 0.25) is 0 Å². The van der Waals surface area contributed by atoms with Crippen LogP contribution in [0.4, 0.5) is 14.5 Å². The Hall–Kier alpha value is -1.47. The maximum absolute atomic E-state index is 13.6. The molecule has 2 aromatic rings. The molecule has 7 heteroatoms. The first-order valence-electron chi connectivity index (χ1n) is 6.10. The molecule has 0 saturated heterocycles. The normalized spacial score (nSPS) is 11.4. The molecule has 0 saturated carbocycles. The molecule has 2 rings (SSSR count). The Labute approximate surface area is 130 Å². The summed E-state index contributed by atoms with van der Waals surface area (Å²) in [5.41, 5.74) is 0.306. The molecular formula is C14H12BrF2NO2S. The monoisotopic (exact) mass is 375 g/mol. The van der Waals surface area contributed by atoms with Crippen molar-refractivity contribution < 1.29 is 17.2 Å². The van der Waals surface area contributed by atoms with Crippen LogP contribution in [0.3, 0.4) is 0 Å². The zero-order valence-corrected chi connectivity index (χ0v) is 13.4. The second kappa shape index (κ2) is 6.11. The SMILES string of the molecule is CCc1cc(Br)ccc1S(=O)(=O)Nc1ccc(F)cc1F. The molecule has 0 fully saturated rings. The van der Waals surface area contributed by atoms with Gasteiger partial charge in [-0.15, -0.1) is 0 Å². The highest BCUT2D eigenvalue weighted by molar-refractivity contribution is 9.10. The van der Waals surface area contributed by atoms with Crippen LogP contribution in [0.25, 0.3) is 0 Å². The molecule has 0 heterocycles. The fourth-order valence-corrected chi connectivity index (χ4v) is 3.63. The topological polar surface area (TPSA) is 46.2 Å². The van der Waals surface area contributed by atoms with Gasteiger partial charge in [-0.05, 0) is 42.3 Å². The molecule has 0 bridgehead atoms. The van der Waals surface area contributed by atoms with Gasteiger partial charge < -0.3 is 0 Å². The van der Waals surface area contributed by atoms with Crippen molar-refractivity contribution in [2.45, 2.75) is 18.2 Å². The van der Waals surface area contributed by atoms with Gasteiger partial charge in [0, 0.05) is 10.5 Å². The number of benzene rings is 2. The van der Waals surface area contributed by atoms with Gasteiger partial charge in [0.2, 0.25) is 0 Å². The lowest BCUT2D eigenvalue weighted by Crippen LogP contribution is -2.16. The molecule has 0 aliphatic rings. The average molecular weight is 376 g/mol. The molecule has 0 aliphatic heterocycles. The van der Waals surface area contributed by atoms with E-state index in [1.807, 2.05) is 6.92 Å². The van der Waals surface area contributed by atoms with Gasteiger partial charge in [-0.2, -0.15) is 0 Å². The average Bonchev–Trinajstić information content (AvgIpc) is 2.41. The highest BCUT2D eigenvalue weighted by atomic mass is 79.9. The molecule has 0 atom stereocenters. The number of sulfonamides is 1. The van der Waals surface area contributed by atoms with Crippen LogP contribution < -0.4 is 4.72 Å². The lowest BCUT2D eigenvalue weighted by Gasteiger charge is -2.12. The predicted molar refractivity (Wildman–Crippen MR) is 80.7 cm³/mol. The summed E-state index contributed by atoms with van der Waals surface area (Å²) < 4.78 is 54.0. The summed E-state index contributed by atoms with van der Waals surface area (Å²) in [5, 5.41) is 0. The number of hydrogen-bond donors (Lipinski definition) is 1. The van der Waals surface area contributed by atoms with E-state index in [1.165, 1.54) is 6.07 Å². The summed E-state index contributed by atoms with van der Waals surface area (Å²) in [6.45, 7) is 1.82. The highest BCUT2D eigenvalue weighted by Gasteiger charge is 2.19. The molecule has 2 aromatic carbocycles. The van der Waals surface area contributed by atoms with E-state index >= 15 is 0 Å². The zero-order chi connectivity index (χ0) is 15.6. The van der Waals surface area contributed by atoms with Crippen LogP contribution >= 0.6 is 15.9 Å². The number of rotatable bonds is 4. The number of nitrogens with one attached hydrogen (secondary N) is 1. The summed E-state index contributed by atoms with van der Waals surface area (Å²) in [6.07, 6.45) is 0.502. The predicted octanol–water partition coefficient (Wildman–Crippen LogP) is 4.09. The molecule has 112 valence electrons. The van der Waals surface area contributed by atoms with Gasteiger partial charge in [0.1, 0.15) is 11.6 Å². The molecule has 0 aromatic heterocycles. The quantitative estimate of drug-likeness (QED) is 0.874. The summed E-state index contributed by atoms with van der Waals surface area (Å²) in [5.74, 6) is -1.73. The number of anilines is 1. The largest absolute Gasteiger partial charge is 0.277 e. The van der Waals surface area contributed by atoms with Crippen molar-refractivity contribution in [2.24, 2.45) is 0 Å². The van der Waals surface area contributed by atoms with E-state index in [4.69, 9.17) is 0 Å². The van der Waals surface area contributed by atoms with Crippen LogP contribution in [0.1, 0.15) is 12.5 Å². The fourth-order valence-electron chi connectivity index (χ4n) is 1.86. The first kappa shape index (κ1) is 15.9. The Balaban J connectivity index is 2.43. The summed E-state index contributed by atoms with van der Waals surface area (Å²) in [7, 11) is -3.94. The van der Waals surface area contributed by atoms with E-state index in [0.717, 1.165) is 16.6 Å². The van der Waals surface area contributed by atoms with E-state index in [0.29, 0.717) is 18.1 Å². The van der Waals surface area contributed by atoms with E-state index in [9.17, 15) is 17.2 Å². The highest BCUT2D eigenvalue weighted by Crippen LogP contribution is 2.25. The van der Waals surface area contributed by atoms with Gasteiger partial charge in [-0.25, -0.2) is 17.2 Å². The molecule has 0 amide bonds. The summed E-state index contributed by atoms with van der Waals surface area (Å²) in [4.78, 5) is 0.0666. The Bertz CT molecular complexity index is 779. The molecular weight excluding hydrogens is 364 g/mol. The smallest absolute Gasteiger partial charge is 0.262 e. The van der Waals surface area contributed by atoms with Crippen molar-refractivity contribution in [3.63, 3.8) is 0 Å². The van der Waals surface area contributed by atoms with Gasteiger partial charge in [0.25, 0.3) is 10.0 Å². The van der Waals surface area contributed by atoms with Crippen LogP contribution in [-0.4, -0.2) is 8.42 Å². The van der Waals surface area contributed by atoms with E-state index in [1.54, 1.807) is 12.1 Å². The second-order valence-electron chi connectivity index (χ2n) is 4.34. The van der Waals surface area contributed by atoms with Crippen molar-refractivity contribution >= 4 is 31.6 Å². The van der Waals surface area contributed by atoms with Gasteiger partial charge in [0.05, 0.1) is 10.6 Å². The third kappa shape index (κ3) is 3.59. The fraction of sp³-hybridized carbons (Fsp3) is 0.143. The summed E-state index contributed by atoms with van der Waals surface area (Å²) >= 11 is 3.27. The second-order valence-corrected chi connectivity index (χ2v) is 6.90. The minimum absolute atomic E-state index is 0.0666. The summed E-state index contributed by atoms with van der Waals surface area (Å²) in [6, 6.07) is 7.38. The molecule has 0 spiro atoms. The van der Waals surface area contributed by atoms with E-state index in [-0.39, 0.29) is 10.6 Å². The standard InChI is InChI=1S/C14H12BrF2NO2S/c1-2-9-7-10(15)3-6-14(9)21(19,20)18-13-5-4-11(16)8-12(13)17/h3-8,18H,2H2,1H3. The first-order chi connectivity index (χ1) is 9.83. The molecule has 3 nitrogen and oxygen atoms in total. The van der Waals surface area contributed by atoms with Crippen molar-refractivity contribution in [1.82, 2.24) is 0 Å². The molecule has 0 radical (unpaired) electrons. The Kier molecular flexibility index (Phi) is 4.63. The van der Waals surface area contributed by atoms with Crippen molar-refractivity contribution in [3.8, 4) is 0 Å². The van der Waals surface area contributed by atoms with E-state index in [2.05, 4.69) is 20.7 Å². The van der Waals surface area contributed by atoms with Gasteiger partial charge in [0.15, 0.2) is 0 Å². The maximum Gasteiger partial charge on any atom is 0.262 e. The Morgan fingerprint density at radius 1 is 1.14 bits per heavy atom. The minimum Gasteiger partial charge on any atom is -0.277 e. The third-order valence-electron chi connectivity index (χ3n) is 2.87. The third-order valence-corrected chi connectivity index (χ3v) is 4.83. The maximum atomic E-state index is 13.6. The molecule has 0 aliphatic carbocycles. The van der Waals surface area contributed by atoms with Crippen molar-refractivity contribution in [1.29, 1.82) is 0 Å². The van der Waals surface area contributed by atoms with Crippen LogP contribution in [0, 0.1) is 11.6 Å². The Morgan fingerprint density at radius 3 is 2.48 bits per heavy atom. The zero-order valence-electron chi connectivity index (χ0n) is 11.0. The molecule has 0 unspecified atom stereocenters. The number of halogens is 3. The Morgan fingerprint density at radius 2 is 1.86 bits per heavy atom. The van der Waals surface area contributed by atoms with Crippen molar-refractivity contribution in [3.05, 3.63) is 58.1 Å². The lowest BCUT2D eigenvalue weighted by atomic mass is 10.2. The van der Waals surface area contributed by atoms with Gasteiger partial charge in [-0.3, -0.25) is 4.72 Å². The van der Waals surface area contributed by atoms with Gasteiger partial charge in [-0.1, -0.05) is 22.9 Å². The van der Waals surface area contributed by atoms with Crippen LogP contribution in [-0.2, 0) is 16.4 Å². The van der Waals surface area contributed by atoms with Crippen molar-refractivity contribution in [2.75, 3.05) is 4.72 Å². The minimum atomic E-state index is -3.94. The number of aryl methyl sites for hydroxylation is 1. The van der Waals surface area contributed by atoms with Crippen LogP contribution in [0.15, 0.2) is 45.8 Å².